The van der Waals surface area contributed by atoms with Gasteiger partial charge in [0.2, 0.25) is 0 Å². The molecule has 1 unspecified atom stereocenters. The molecule has 0 aromatic carbocycles. The molecule has 0 amide bonds. The van der Waals surface area contributed by atoms with Crippen LogP contribution in [0.2, 0.25) is 0 Å². The largest absolute Gasteiger partial charge is 0.480 e. The van der Waals surface area contributed by atoms with Crippen LogP contribution in [0.25, 0.3) is 0 Å². The molecule has 0 aliphatic rings. The van der Waals surface area contributed by atoms with Gasteiger partial charge in [-0.3, -0.25) is 9.69 Å². The maximum atomic E-state index is 10.6. The molecule has 0 saturated carbocycles. The molecule has 4 nitrogen and oxygen atoms in total. The Morgan fingerprint density at radius 3 is 2.64 bits per heavy atom. The van der Waals surface area contributed by atoms with Crippen molar-refractivity contribution in [3.05, 3.63) is 0 Å². The van der Waals surface area contributed by atoms with E-state index in [4.69, 9.17) is 10.8 Å². The summed E-state index contributed by atoms with van der Waals surface area (Å²) >= 11 is 0. The Morgan fingerprint density at radius 1 is 1.57 bits per heavy atom. The minimum atomic E-state index is -0.759. The standard InChI is InChI=1S/C10H22N2O2/c1-3-4-5-12(8-10(13)14)7-9(2)6-11/h9H,3-8,11H2,1-2H3,(H,13,14). The highest BCUT2D eigenvalue weighted by Crippen LogP contribution is 2.00. The van der Waals surface area contributed by atoms with Crippen LogP contribution < -0.4 is 5.73 Å². The van der Waals surface area contributed by atoms with Crippen molar-refractivity contribution in [2.75, 3.05) is 26.2 Å². The van der Waals surface area contributed by atoms with Gasteiger partial charge in [-0.15, -0.1) is 0 Å². The fourth-order valence-electron chi connectivity index (χ4n) is 1.32. The topological polar surface area (TPSA) is 66.6 Å². The number of hydrogen-bond acceptors (Lipinski definition) is 3. The smallest absolute Gasteiger partial charge is 0.317 e. The number of rotatable bonds is 8. The highest BCUT2D eigenvalue weighted by atomic mass is 16.4. The van der Waals surface area contributed by atoms with Gasteiger partial charge in [-0.05, 0) is 25.4 Å². The van der Waals surface area contributed by atoms with E-state index in [1.807, 2.05) is 11.8 Å². The summed E-state index contributed by atoms with van der Waals surface area (Å²) in [4.78, 5) is 12.5. The minimum absolute atomic E-state index is 0.129. The molecule has 0 saturated heterocycles. The van der Waals surface area contributed by atoms with Gasteiger partial charge in [0.25, 0.3) is 0 Å². The normalized spacial score (nSPS) is 13.1. The van der Waals surface area contributed by atoms with Gasteiger partial charge < -0.3 is 10.8 Å². The summed E-state index contributed by atoms with van der Waals surface area (Å²) in [7, 11) is 0. The van der Waals surface area contributed by atoms with E-state index in [0.29, 0.717) is 12.5 Å². The molecular formula is C10H22N2O2. The molecule has 4 heteroatoms. The van der Waals surface area contributed by atoms with Gasteiger partial charge in [0.05, 0.1) is 6.54 Å². The highest BCUT2D eigenvalue weighted by molar-refractivity contribution is 5.69. The lowest BCUT2D eigenvalue weighted by Gasteiger charge is -2.22. The first-order valence-corrected chi connectivity index (χ1v) is 5.24. The van der Waals surface area contributed by atoms with Crippen LogP contribution in [0.15, 0.2) is 0 Å². The summed E-state index contributed by atoms with van der Waals surface area (Å²) in [6.07, 6.45) is 2.14. The first-order valence-electron chi connectivity index (χ1n) is 5.24. The van der Waals surface area contributed by atoms with Gasteiger partial charge in [0.1, 0.15) is 0 Å². The summed E-state index contributed by atoms with van der Waals surface area (Å²) in [5.74, 6) is -0.392. The summed E-state index contributed by atoms with van der Waals surface area (Å²) in [6, 6.07) is 0. The lowest BCUT2D eigenvalue weighted by atomic mass is 10.1. The van der Waals surface area contributed by atoms with Crippen LogP contribution in [0.1, 0.15) is 26.7 Å². The quantitative estimate of drug-likeness (QED) is 0.610. The number of nitrogens with two attached hydrogens (primary N) is 1. The van der Waals surface area contributed by atoms with E-state index in [1.165, 1.54) is 0 Å². The fourth-order valence-corrected chi connectivity index (χ4v) is 1.32. The summed E-state index contributed by atoms with van der Waals surface area (Å²) in [5, 5.41) is 8.70. The summed E-state index contributed by atoms with van der Waals surface area (Å²) in [6.45, 7) is 6.52. The van der Waals surface area contributed by atoms with Crippen molar-refractivity contribution < 1.29 is 9.90 Å². The van der Waals surface area contributed by atoms with Crippen molar-refractivity contribution in [1.82, 2.24) is 4.90 Å². The Hall–Kier alpha value is -0.610. The molecule has 0 fully saturated rings. The van der Waals surface area contributed by atoms with Gasteiger partial charge >= 0.3 is 5.97 Å². The van der Waals surface area contributed by atoms with Crippen LogP contribution >= 0.6 is 0 Å². The summed E-state index contributed by atoms with van der Waals surface area (Å²) in [5.41, 5.74) is 5.51. The number of unbranched alkanes of at least 4 members (excludes halogenated alkanes) is 1. The van der Waals surface area contributed by atoms with Crippen molar-refractivity contribution in [3.63, 3.8) is 0 Å². The van der Waals surface area contributed by atoms with E-state index in [2.05, 4.69) is 6.92 Å². The first kappa shape index (κ1) is 13.4. The molecule has 0 rings (SSSR count). The molecule has 0 heterocycles. The number of carboxylic acid groups (broad SMARTS) is 1. The minimum Gasteiger partial charge on any atom is -0.480 e. The van der Waals surface area contributed by atoms with Crippen LogP contribution in [0.4, 0.5) is 0 Å². The Kier molecular flexibility index (Phi) is 7.42. The second kappa shape index (κ2) is 7.76. The summed E-state index contributed by atoms with van der Waals surface area (Å²) < 4.78 is 0. The van der Waals surface area contributed by atoms with Gasteiger partial charge in [0, 0.05) is 6.54 Å². The zero-order valence-electron chi connectivity index (χ0n) is 9.20. The maximum absolute atomic E-state index is 10.6. The molecular weight excluding hydrogens is 180 g/mol. The van der Waals surface area contributed by atoms with Gasteiger partial charge in [-0.2, -0.15) is 0 Å². The molecule has 0 aliphatic carbocycles. The van der Waals surface area contributed by atoms with Crippen molar-refractivity contribution in [2.45, 2.75) is 26.7 Å². The Bertz CT molecular complexity index is 162. The zero-order valence-corrected chi connectivity index (χ0v) is 9.20. The van der Waals surface area contributed by atoms with Crippen LogP contribution in [0.5, 0.6) is 0 Å². The van der Waals surface area contributed by atoms with Crippen molar-refractivity contribution in [1.29, 1.82) is 0 Å². The molecule has 0 spiro atoms. The van der Waals surface area contributed by atoms with Crippen molar-refractivity contribution in [2.24, 2.45) is 11.7 Å². The number of nitrogens with zero attached hydrogens (tertiary/aromatic N) is 1. The van der Waals surface area contributed by atoms with E-state index < -0.39 is 5.97 Å². The molecule has 84 valence electrons. The molecule has 0 aromatic rings. The Labute approximate surface area is 86.1 Å². The highest BCUT2D eigenvalue weighted by Gasteiger charge is 2.11. The van der Waals surface area contributed by atoms with Gasteiger partial charge in [-0.1, -0.05) is 20.3 Å². The molecule has 0 bridgehead atoms. The lowest BCUT2D eigenvalue weighted by molar-refractivity contribution is -0.138. The van der Waals surface area contributed by atoms with Crippen LogP contribution in [-0.4, -0.2) is 42.2 Å². The third kappa shape index (κ3) is 6.86. The van der Waals surface area contributed by atoms with Crippen LogP contribution in [0.3, 0.4) is 0 Å². The average molecular weight is 202 g/mol. The molecule has 0 aromatic heterocycles. The van der Waals surface area contributed by atoms with Crippen molar-refractivity contribution >= 4 is 5.97 Å². The van der Waals surface area contributed by atoms with E-state index in [-0.39, 0.29) is 6.54 Å². The molecule has 1 atom stereocenters. The number of aliphatic carboxylic acids is 1. The third-order valence-corrected chi connectivity index (χ3v) is 2.16. The first-order chi connectivity index (χ1) is 6.60. The zero-order chi connectivity index (χ0) is 11.0. The third-order valence-electron chi connectivity index (χ3n) is 2.16. The second-order valence-corrected chi connectivity index (χ2v) is 3.82. The second-order valence-electron chi connectivity index (χ2n) is 3.82. The Morgan fingerprint density at radius 2 is 2.21 bits per heavy atom. The van der Waals surface area contributed by atoms with Crippen molar-refractivity contribution in [3.8, 4) is 0 Å². The molecule has 14 heavy (non-hydrogen) atoms. The number of hydrogen-bond donors (Lipinski definition) is 2. The Balaban J connectivity index is 3.89. The average Bonchev–Trinajstić information content (AvgIpc) is 2.13. The van der Waals surface area contributed by atoms with E-state index in [9.17, 15) is 4.79 Å². The molecule has 3 N–H and O–H groups in total. The monoisotopic (exact) mass is 202 g/mol. The maximum Gasteiger partial charge on any atom is 0.317 e. The molecule has 0 radical (unpaired) electrons. The number of carbonyl (C=O) groups is 1. The fraction of sp³-hybridized carbons (Fsp3) is 0.900. The van der Waals surface area contributed by atoms with E-state index in [1.54, 1.807) is 0 Å². The van der Waals surface area contributed by atoms with Gasteiger partial charge in [0.15, 0.2) is 0 Å². The van der Waals surface area contributed by atoms with Crippen LogP contribution in [-0.2, 0) is 4.79 Å². The molecule has 0 aliphatic heterocycles. The van der Waals surface area contributed by atoms with E-state index in [0.717, 1.165) is 25.9 Å². The van der Waals surface area contributed by atoms with E-state index >= 15 is 0 Å². The SMILES string of the molecule is CCCCN(CC(=O)O)CC(C)CN. The predicted octanol–water partition coefficient (Wildman–Crippen LogP) is 0.768. The number of carboxylic acids is 1. The predicted molar refractivity (Wildman–Crippen MR) is 57.2 cm³/mol. The van der Waals surface area contributed by atoms with Gasteiger partial charge in [-0.25, -0.2) is 0 Å². The van der Waals surface area contributed by atoms with Crippen LogP contribution in [0, 0.1) is 5.92 Å². The lowest BCUT2D eigenvalue weighted by Crippen LogP contribution is -2.36.